The van der Waals surface area contributed by atoms with Crippen molar-refractivity contribution < 1.29 is 13.7 Å². The molecule has 0 bridgehead atoms. The molecule has 0 N–H and O–H groups in total. The Hall–Kier alpha value is -1.59. The van der Waals surface area contributed by atoms with Gasteiger partial charge in [0.1, 0.15) is 5.76 Å². The van der Waals surface area contributed by atoms with E-state index in [-0.39, 0.29) is 11.2 Å². The second-order valence-electron chi connectivity index (χ2n) is 6.07. The molecular formula is C15H18BNO3. The van der Waals surface area contributed by atoms with Crippen molar-refractivity contribution in [3.63, 3.8) is 0 Å². The molecule has 0 spiro atoms. The molecule has 0 saturated carbocycles. The predicted octanol–water partition coefficient (Wildman–Crippen LogP) is 2.64. The number of pyridine rings is 1. The van der Waals surface area contributed by atoms with Crippen LogP contribution in [-0.2, 0) is 9.31 Å². The number of hydrogen-bond acceptors (Lipinski definition) is 4. The number of nitrogens with zero attached hydrogens (tertiary/aromatic N) is 1. The Balaban J connectivity index is 1.86. The highest BCUT2D eigenvalue weighted by Crippen LogP contribution is 2.36. The third-order valence-electron chi connectivity index (χ3n) is 4.09. The lowest BCUT2D eigenvalue weighted by molar-refractivity contribution is 0.00578. The first-order valence-electron chi connectivity index (χ1n) is 6.73. The SMILES string of the molecule is CC1(C)OB(c2coc(-c3cccnc3)c2)OC1(C)C. The second-order valence-corrected chi connectivity index (χ2v) is 6.07. The van der Waals surface area contributed by atoms with Gasteiger partial charge in [0.05, 0.1) is 17.5 Å². The summed E-state index contributed by atoms with van der Waals surface area (Å²) in [6.45, 7) is 8.15. The molecule has 3 heterocycles. The molecule has 2 aromatic heterocycles. The van der Waals surface area contributed by atoms with Crippen LogP contribution in [0.15, 0.2) is 41.3 Å². The van der Waals surface area contributed by atoms with Crippen LogP contribution in [-0.4, -0.2) is 23.3 Å². The molecule has 2 aromatic rings. The highest BCUT2D eigenvalue weighted by Gasteiger charge is 2.52. The van der Waals surface area contributed by atoms with Gasteiger partial charge in [0.2, 0.25) is 0 Å². The lowest BCUT2D eigenvalue weighted by Crippen LogP contribution is -2.41. The van der Waals surface area contributed by atoms with Gasteiger partial charge in [-0.2, -0.15) is 0 Å². The Morgan fingerprint density at radius 1 is 1.10 bits per heavy atom. The first-order valence-corrected chi connectivity index (χ1v) is 6.73. The van der Waals surface area contributed by atoms with E-state index in [1.807, 2.05) is 45.9 Å². The van der Waals surface area contributed by atoms with E-state index in [1.54, 1.807) is 18.7 Å². The fourth-order valence-corrected chi connectivity index (χ4v) is 2.11. The van der Waals surface area contributed by atoms with E-state index in [4.69, 9.17) is 13.7 Å². The summed E-state index contributed by atoms with van der Waals surface area (Å²) in [5, 5.41) is 0. The fraction of sp³-hybridized carbons (Fsp3) is 0.400. The molecule has 3 rings (SSSR count). The van der Waals surface area contributed by atoms with Crippen LogP contribution in [0.2, 0.25) is 0 Å². The number of furan rings is 1. The maximum Gasteiger partial charge on any atom is 0.498 e. The van der Waals surface area contributed by atoms with Crippen molar-refractivity contribution in [2.75, 3.05) is 0 Å². The van der Waals surface area contributed by atoms with Crippen molar-refractivity contribution in [3.05, 3.63) is 36.9 Å². The molecule has 0 unspecified atom stereocenters. The van der Waals surface area contributed by atoms with E-state index in [0.717, 1.165) is 16.8 Å². The van der Waals surface area contributed by atoms with Crippen LogP contribution in [0.1, 0.15) is 27.7 Å². The average molecular weight is 271 g/mol. The van der Waals surface area contributed by atoms with Crippen LogP contribution in [0.25, 0.3) is 11.3 Å². The van der Waals surface area contributed by atoms with Crippen LogP contribution < -0.4 is 5.46 Å². The highest BCUT2D eigenvalue weighted by molar-refractivity contribution is 6.62. The van der Waals surface area contributed by atoms with Gasteiger partial charge in [0, 0.05) is 23.4 Å². The first kappa shape index (κ1) is 13.4. The fourth-order valence-electron chi connectivity index (χ4n) is 2.11. The molecule has 5 heteroatoms. The lowest BCUT2D eigenvalue weighted by atomic mass is 9.81. The molecule has 0 atom stereocenters. The minimum Gasteiger partial charge on any atom is -0.465 e. The zero-order valence-corrected chi connectivity index (χ0v) is 12.2. The van der Waals surface area contributed by atoms with Gasteiger partial charge in [-0.05, 0) is 45.9 Å². The van der Waals surface area contributed by atoms with Crippen molar-refractivity contribution >= 4 is 12.6 Å². The summed E-state index contributed by atoms with van der Waals surface area (Å²) in [7, 11) is -0.394. The zero-order chi connectivity index (χ0) is 14.4. The van der Waals surface area contributed by atoms with Crippen molar-refractivity contribution in [1.29, 1.82) is 0 Å². The van der Waals surface area contributed by atoms with E-state index in [0.29, 0.717) is 0 Å². The number of hydrogen-bond donors (Lipinski definition) is 0. The Labute approximate surface area is 119 Å². The summed E-state index contributed by atoms with van der Waals surface area (Å²) >= 11 is 0. The van der Waals surface area contributed by atoms with E-state index >= 15 is 0 Å². The monoisotopic (exact) mass is 271 g/mol. The maximum atomic E-state index is 6.00. The third kappa shape index (κ3) is 2.17. The number of rotatable bonds is 2. The third-order valence-corrected chi connectivity index (χ3v) is 4.09. The van der Waals surface area contributed by atoms with Crippen molar-refractivity contribution in [1.82, 2.24) is 4.98 Å². The van der Waals surface area contributed by atoms with Gasteiger partial charge in [0.15, 0.2) is 0 Å². The van der Waals surface area contributed by atoms with Crippen LogP contribution in [0, 0.1) is 0 Å². The molecule has 104 valence electrons. The van der Waals surface area contributed by atoms with Gasteiger partial charge in [-0.25, -0.2) is 0 Å². The summed E-state index contributed by atoms with van der Waals surface area (Å²) in [6, 6.07) is 5.78. The van der Waals surface area contributed by atoms with Gasteiger partial charge >= 0.3 is 7.12 Å². The minimum atomic E-state index is -0.394. The van der Waals surface area contributed by atoms with Gasteiger partial charge in [0.25, 0.3) is 0 Å². The molecule has 20 heavy (non-hydrogen) atoms. The normalized spacial score (nSPS) is 20.3. The van der Waals surface area contributed by atoms with Crippen molar-refractivity contribution in [2.24, 2.45) is 0 Å². The predicted molar refractivity (Wildman–Crippen MR) is 77.7 cm³/mol. The Kier molecular flexibility index (Phi) is 2.99. The molecule has 0 amide bonds. The molecule has 0 aromatic carbocycles. The molecule has 1 fully saturated rings. The van der Waals surface area contributed by atoms with Gasteiger partial charge in [-0.1, -0.05) is 0 Å². The highest BCUT2D eigenvalue weighted by atomic mass is 16.7. The van der Waals surface area contributed by atoms with E-state index < -0.39 is 7.12 Å². The van der Waals surface area contributed by atoms with E-state index in [2.05, 4.69) is 4.98 Å². The van der Waals surface area contributed by atoms with Gasteiger partial charge in [-0.3, -0.25) is 4.98 Å². The largest absolute Gasteiger partial charge is 0.498 e. The molecule has 4 nitrogen and oxygen atoms in total. The summed E-state index contributed by atoms with van der Waals surface area (Å²) in [4.78, 5) is 4.09. The zero-order valence-electron chi connectivity index (χ0n) is 12.2. The molecule has 1 aliphatic rings. The summed E-state index contributed by atoms with van der Waals surface area (Å²) in [5.74, 6) is 0.766. The standard InChI is InChI=1S/C15H18BNO3/c1-14(2)15(3,4)20-16(19-14)12-8-13(18-10-12)11-6-5-7-17-9-11/h5-10H,1-4H3. The summed E-state index contributed by atoms with van der Waals surface area (Å²) < 4.78 is 17.6. The maximum absolute atomic E-state index is 6.00. The Morgan fingerprint density at radius 3 is 2.40 bits per heavy atom. The Morgan fingerprint density at radius 2 is 1.80 bits per heavy atom. The number of aromatic nitrogens is 1. The second kappa shape index (κ2) is 4.47. The average Bonchev–Trinajstić information content (AvgIpc) is 2.94. The molecule has 1 saturated heterocycles. The molecule has 0 radical (unpaired) electrons. The first-order chi connectivity index (χ1) is 9.39. The quantitative estimate of drug-likeness (QED) is 0.787. The molecular weight excluding hydrogens is 253 g/mol. The van der Waals surface area contributed by atoms with Crippen molar-refractivity contribution in [2.45, 2.75) is 38.9 Å². The summed E-state index contributed by atoms with van der Waals surface area (Å²) in [6.07, 6.45) is 5.19. The topological polar surface area (TPSA) is 44.5 Å². The lowest BCUT2D eigenvalue weighted by Gasteiger charge is -2.32. The van der Waals surface area contributed by atoms with Crippen molar-refractivity contribution in [3.8, 4) is 11.3 Å². The molecule has 1 aliphatic heterocycles. The molecule has 0 aliphatic carbocycles. The van der Waals surface area contributed by atoms with Gasteiger partial charge < -0.3 is 13.7 Å². The van der Waals surface area contributed by atoms with Gasteiger partial charge in [-0.15, -0.1) is 0 Å². The van der Waals surface area contributed by atoms with E-state index in [1.165, 1.54) is 0 Å². The summed E-state index contributed by atoms with van der Waals surface area (Å²) in [5.41, 5.74) is 1.14. The van der Waals surface area contributed by atoms with E-state index in [9.17, 15) is 0 Å². The Bertz CT molecular complexity index is 591. The minimum absolute atomic E-state index is 0.344. The smallest absolute Gasteiger partial charge is 0.465 e. The van der Waals surface area contributed by atoms with Crippen LogP contribution in [0.4, 0.5) is 0 Å². The van der Waals surface area contributed by atoms with Crippen LogP contribution >= 0.6 is 0 Å². The van der Waals surface area contributed by atoms with Crippen LogP contribution in [0.3, 0.4) is 0 Å². The van der Waals surface area contributed by atoms with Crippen LogP contribution in [0.5, 0.6) is 0 Å².